The van der Waals surface area contributed by atoms with E-state index in [4.69, 9.17) is 18.0 Å². The van der Waals surface area contributed by atoms with Crippen molar-refractivity contribution in [2.24, 2.45) is 5.73 Å². The van der Waals surface area contributed by atoms with Gasteiger partial charge in [0.25, 0.3) is 5.91 Å². The van der Waals surface area contributed by atoms with E-state index in [0.717, 1.165) is 17.8 Å². The third-order valence-corrected chi connectivity index (χ3v) is 6.36. The molecule has 1 aromatic rings. The van der Waals surface area contributed by atoms with E-state index in [2.05, 4.69) is 4.98 Å². The van der Waals surface area contributed by atoms with Crippen LogP contribution in [0.5, 0.6) is 0 Å². The van der Waals surface area contributed by atoms with Crippen LogP contribution in [-0.2, 0) is 0 Å². The molecule has 1 amide bonds. The van der Waals surface area contributed by atoms with E-state index in [0.29, 0.717) is 23.0 Å². The summed E-state index contributed by atoms with van der Waals surface area (Å²) in [6, 6.07) is 0. The van der Waals surface area contributed by atoms with Crippen LogP contribution in [0.1, 0.15) is 27.5 Å². The van der Waals surface area contributed by atoms with Crippen molar-refractivity contribution in [2.45, 2.75) is 24.5 Å². The molecule has 1 aromatic heterocycles. The number of nitrogens with two attached hydrogens (primary N) is 1. The average molecular weight is 315 g/mol. The van der Waals surface area contributed by atoms with Gasteiger partial charge >= 0.3 is 0 Å². The van der Waals surface area contributed by atoms with Gasteiger partial charge in [-0.2, -0.15) is 11.8 Å². The molecule has 0 radical (unpaired) electrons. The van der Waals surface area contributed by atoms with Gasteiger partial charge in [-0.05, 0) is 26.0 Å². The zero-order valence-corrected chi connectivity index (χ0v) is 13.5. The second-order valence-electron chi connectivity index (χ2n) is 4.60. The first-order valence-electron chi connectivity index (χ1n) is 6.05. The van der Waals surface area contributed by atoms with E-state index >= 15 is 0 Å². The number of nitrogens with zero attached hydrogens (tertiary/aromatic N) is 2. The second kappa shape index (κ2) is 5.76. The predicted octanol–water partition coefficient (Wildman–Crippen LogP) is 2.08. The van der Waals surface area contributed by atoms with E-state index in [1.54, 1.807) is 18.0 Å². The minimum atomic E-state index is -0.143. The SMILES string of the molecule is CSC1(C(N)=S)CCN(C(=O)c2cnc(C)s2)CC1. The van der Waals surface area contributed by atoms with Crippen LogP contribution in [0.25, 0.3) is 0 Å². The maximum Gasteiger partial charge on any atom is 0.265 e. The molecule has 2 rings (SSSR count). The van der Waals surface area contributed by atoms with Crippen molar-refractivity contribution in [2.75, 3.05) is 19.3 Å². The lowest BCUT2D eigenvalue weighted by atomic mass is 9.95. The van der Waals surface area contributed by atoms with Crippen molar-refractivity contribution in [3.8, 4) is 0 Å². The number of hydrogen-bond acceptors (Lipinski definition) is 5. The highest BCUT2D eigenvalue weighted by Crippen LogP contribution is 2.35. The Morgan fingerprint density at radius 2 is 2.21 bits per heavy atom. The number of hydrogen-bond donors (Lipinski definition) is 1. The third-order valence-electron chi connectivity index (χ3n) is 3.53. The Bertz CT molecular complexity index is 492. The monoisotopic (exact) mass is 315 g/mol. The van der Waals surface area contributed by atoms with Crippen molar-refractivity contribution < 1.29 is 4.79 Å². The van der Waals surface area contributed by atoms with Crippen LogP contribution in [0.4, 0.5) is 0 Å². The van der Waals surface area contributed by atoms with Gasteiger partial charge in [-0.25, -0.2) is 4.98 Å². The molecule has 0 bridgehead atoms. The summed E-state index contributed by atoms with van der Waals surface area (Å²) in [6.07, 6.45) is 5.34. The Morgan fingerprint density at radius 1 is 1.58 bits per heavy atom. The first kappa shape index (κ1) is 14.7. The van der Waals surface area contributed by atoms with E-state index in [1.807, 2.05) is 18.1 Å². The zero-order chi connectivity index (χ0) is 14.0. The van der Waals surface area contributed by atoms with Crippen molar-refractivity contribution in [1.82, 2.24) is 9.88 Å². The van der Waals surface area contributed by atoms with E-state index < -0.39 is 0 Å². The average Bonchev–Trinajstić information content (AvgIpc) is 2.84. The number of thiocarbonyl (C=S) groups is 1. The van der Waals surface area contributed by atoms with Gasteiger partial charge < -0.3 is 10.6 Å². The van der Waals surface area contributed by atoms with E-state index in [9.17, 15) is 4.79 Å². The van der Waals surface area contributed by atoms with Gasteiger partial charge in [-0.3, -0.25) is 4.79 Å². The van der Waals surface area contributed by atoms with Crippen LogP contribution in [-0.4, -0.2) is 44.9 Å². The number of carbonyl (C=O) groups is 1. The number of likely N-dealkylation sites (tertiary alicyclic amines) is 1. The highest BCUT2D eigenvalue weighted by molar-refractivity contribution is 8.02. The smallest absolute Gasteiger partial charge is 0.265 e. The Hall–Kier alpha value is -0.660. The maximum absolute atomic E-state index is 12.3. The number of aromatic nitrogens is 1. The van der Waals surface area contributed by atoms with Crippen LogP contribution in [0.15, 0.2) is 6.20 Å². The molecule has 0 spiro atoms. The summed E-state index contributed by atoms with van der Waals surface area (Å²) >= 11 is 8.32. The Balaban J connectivity index is 2.04. The molecule has 104 valence electrons. The second-order valence-corrected chi connectivity index (χ2v) is 7.46. The predicted molar refractivity (Wildman–Crippen MR) is 85.0 cm³/mol. The molecule has 0 unspecified atom stereocenters. The summed E-state index contributed by atoms with van der Waals surface area (Å²) in [5, 5.41) is 0.918. The maximum atomic E-state index is 12.3. The lowest BCUT2D eigenvalue weighted by molar-refractivity contribution is 0.0723. The summed E-state index contributed by atoms with van der Waals surface area (Å²) in [4.78, 5) is 19.6. The van der Waals surface area contributed by atoms with Gasteiger partial charge in [0.2, 0.25) is 0 Å². The molecule has 0 atom stereocenters. The third kappa shape index (κ3) is 2.93. The molecular weight excluding hydrogens is 298 g/mol. The first-order chi connectivity index (χ1) is 8.98. The zero-order valence-electron chi connectivity index (χ0n) is 11.0. The molecule has 1 saturated heterocycles. The number of thioether (sulfide) groups is 1. The molecule has 1 fully saturated rings. The van der Waals surface area contributed by atoms with Crippen molar-refractivity contribution in [1.29, 1.82) is 0 Å². The molecule has 4 nitrogen and oxygen atoms in total. The van der Waals surface area contributed by atoms with Gasteiger partial charge in [0, 0.05) is 13.1 Å². The molecule has 1 aliphatic heterocycles. The van der Waals surface area contributed by atoms with E-state index in [1.165, 1.54) is 11.3 Å². The van der Waals surface area contributed by atoms with Crippen molar-refractivity contribution >= 4 is 46.2 Å². The topological polar surface area (TPSA) is 59.2 Å². The minimum Gasteiger partial charge on any atom is -0.392 e. The normalized spacial score (nSPS) is 18.3. The fourth-order valence-corrected chi connectivity index (χ4v) is 4.23. The number of thiazole rings is 1. The number of amides is 1. The van der Waals surface area contributed by atoms with Crippen LogP contribution in [0.3, 0.4) is 0 Å². The van der Waals surface area contributed by atoms with Crippen LogP contribution < -0.4 is 5.73 Å². The number of piperidine rings is 1. The Labute approximate surface area is 126 Å². The van der Waals surface area contributed by atoms with E-state index in [-0.39, 0.29) is 10.7 Å². The molecule has 19 heavy (non-hydrogen) atoms. The molecular formula is C12H17N3OS3. The molecule has 0 aliphatic carbocycles. The Kier molecular flexibility index (Phi) is 4.47. The van der Waals surface area contributed by atoms with Crippen LogP contribution in [0, 0.1) is 6.92 Å². The quantitative estimate of drug-likeness (QED) is 0.865. The largest absolute Gasteiger partial charge is 0.392 e. The summed E-state index contributed by atoms with van der Waals surface area (Å²) < 4.78 is -0.143. The standard InChI is InChI=1S/C12H17N3OS3/c1-8-14-7-9(19-8)10(16)15-5-3-12(18-2,4-6-15)11(13)17/h7H,3-6H2,1-2H3,(H2,13,17). The first-order valence-corrected chi connectivity index (χ1v) is 8.50. The Morgan fingerprint density at radius 3 is 2.63 bits per heavy atom. The number of carbonyl (C=O) groups excluding carboxylic acids is 1. The summed E-state index contributed by atoms with van der Waals surface area (Å²) in [7, 11) is 0. The van der Waals surface area contributed by atoms with Crippen LogP contribution in [0.2, 0.25) is 0 Å². The van der Waals surface area contributed by atoms with Crippen LogP contribution >= 0.6 is 35.3 Å². The molecule has 1 aliphatic rings. The summed E-state index contributed by atoms with van der Waals surface area (Å²) in [6.45, 7) is 3.31. The minimum absolute atomic E-state index is 0.0724. The summed E-state index contributed by atoms with van der Waals surface area (Å²) in [5.74, 6) is 0.0724. The lowest BCUT2D eigenvalue weighted by Crippen LogP contribution is -2.50. The van der Waals surface area contributed by atoms with Gasteiger partial charge in [-0.1, -0.05) is 12.2 Å². The van der Waals surface area contributed by atoms with Gasteiger partial charge in [-0.15, -0.1) is 11.3 Å². The highest BCUT2D eigenvalue weighted by Gasteiger charge is 2.38. The summed E-state index contributed by atoms with van der Waals surface area (Å²) in [5.41, 5.74) is 5.85. The molecule has 2 heterocycles. The van der Waals surface area contributed by atoms with Crippen molar-refractivity contribution in [3.05, 3.63) is 16.1 Å². The number of aryl methyl sites for hydroxylation is 1. The van der Waals surface area contributed by atoms with Crippen molar-refractivity contribution in [3.63, 3.8) is 0 Å². The van der Waals surface area contributed by atoms with Gasteiger partial charge in [0.1, 0.15) is 4.88 Å². The van der Waals surface area contributed by atoms with Gasteiger partial charge in [0.05, 0.1) is 20.9 Å². The number of rotatable bonds is 3. The lowest BCUT2D eigenvalue weighted by Gasteiger charge is -2.39. The molecule has 0 saturated carbocycles. The fraction of sp³-hybridized carbons (Fsp3) is 0.583. The molecule has 7 heteroatoms. The molecule has 2 N–H and O–H groups in total. The highest BCUT2D eigenvalue weighted by atomic mass is 32.2. The van der Waals surface area contributed by atoms with Gasteiger partial charge in [0.15, 0.2) is 0 Å². The fourth-order valence-electron chi connectivity index (χ4n) is 2.24. The molecule has 0 aromatic carbocycles.